The highest BCUT2D eigenvalue weighted by Gasteiger charge is 2.23. The van der Waals surface area contributed by atoms with Gasteiger partial charge in [-0.2, -0.15) is 0 Å². The Balaban J connectivity index is 1.94. The second-order valence-electron chi connectivity index (χ2n) is 4.91. The lowest BCUT2D eigenvalue weighted by atomic mass is 9.86. The number of fused-ring (bicyclic) bond motifs is 1. The lowest BCUT2D eigenvalue weighted by Crippen LogP contribution is -2.27. The molecule has 2 unspecified atom stereocenters. The van der Waals surface area contributed by atoms with Crippen LogP contribution in [0.25, 0.3) is 11.0 Å². The van der Waals surface area contributed by atoms with E-state index in [1.807, 2.05) is 18.2 Å². The number of hydrogen-bond acceptors (Lipinski definition) is 2. The molecule has 0 aliphatic heterocycles. The van der Waals surface area contributed by atoms with Gasteiger partial charge in [-0.05, 0) is 37.5 Å². The summed E-state index contributed by atoms with van der Waals surface area (Å²) in [5.74, 6) is 1.54. The van der Waals surface area contributed by atoms with E-state index < -0.39 is 0 Å². The molecule has 1 heterocycles. The summed E-state index contributed by atoms with van der Waals surface area (Å²) in [5.41, 5.74) is 8.03. The Kier molecular flexibility index (Phi) is 2.81. The Hall–Kier alpha value is -1.06. The number of aromatic nitrogens is 2. The molecule has 0 radical (unpaired) electrons. The van der Waals surface area contributed by atoms with Gasteiger partial charge in [-0.25, -0.2) is 4.98 Å². The van der Waals surface area contributed by atoms with Gasteiger partial charge < -0.3 is 10.7 Å². The van der Waals surface area contributed by atoms with Gasteiger partial charge in [0.2, 0.25) is 0 Å². The summed E-state index contributed by atoms with van der Waals surface area (Å²) in [6, 6.07) is 6.09. The molecule has 0 saturated heterocycles. The van der Waals surface area contributed by atoms with Crippen molar-refractivity contribution < 1.29 is 0 Å². The van der Waals surface area contributed by atoms with E-state index in [9.17, 15) is 0 Å². The summed E-state index contributed by atoms with van der Waals surface area (Å²) in [7, 11) is 0. The SMILES string of the molecule is NC1CCCC(c2nc3ccc(Cl)cc3[nH]2)C1. The minimum Gasteiger partial charge on any atom is -0.342 e. The standard InChI is InChI=1S/C13H16ClN3/c14-9-4-5-11-12(7-9)17-13(16-11)8-2-1-3-10(15)6-8/h4-5,7-8,10H,1-3,6,15H2,(H,16,17). The van der Waals surface area contributed by atoms with E-state index in [0.717, 1.165) is 34.7 Å². The number of rotatable bonds is 1. The molecule has 1 saturated carbocycles. The van der Waals surface area contributed by atoms with Crippen molar-refractivity contribution >= 4 is 22.6 Å². The predicted octanol–water partition coefficient (Wildman–Crippen LogP) is 3.20. The normalized spacial score (nSPS) is 25.3. The molecule has 0 bridgehead atoms. The molecule has 1 aliphatic carbocycles. The fraction of sp³-hybridized carbons (Fsp3) is 0.462. The van der Waals surface area contributed by atoms with Crippen LogP contribution < -0.4 is 5.73 Å². The Morgan fingerprint density at radius 2 is 2.24 bits per heavy atom. The number of benzene rings is 1. The number of aromatic amines is 1. The molecule has 2 atom stereocenters. The van der Waals surface area contributed by atoms with Crippen molar-refractivity contribution in [3.63, 3.8) is 0 Å². The van der Waals surface area contributed by atoms with Crippen LogP contribution in [0.5, 0.6) is 0 Å². The van der Waals surface area contributed by atoms with Crippen molar-refractivity contribution in [2.24, 2.45) is 5.73 Å². The first kappa shape index (κ1) is 11.1. The van der Waals surface area contributed by atoms with Gasteiger partial charge in [0.05, 0.1) is 11.0 Å². The summed E-state index contributed by atoms with van der Waals surface area (Å²) in [6.45, 7) is 0. The zero-order valence-electron chi connectivity index (χ0n) is 9.62. The van der Waals surface area contributed by atoms with Gasteiger partial charge in [-0.3, -0.25) is 0 Å². The van der Waals surface area contributed by atoms with Crippen LogP contribution in [0.3, 0.4) is 0 Å². The van der Waals surface area contributed by atoms with E-state index in [1.54, 1.807) is 0 Å². The van der Waals surface area contributed by atoms with Crippen molar-refractivity contribution in [3.8, 4) is 0 Å². The third kappa shape index (κ3) is 2.17. The van der Waals surface area contributed by atoms with Crippen molar-refractivity contribution in [3.05, 3.63) is 29.0 Å². The monoisotopic (exact) mass is 249 g/mol. The van der Waals surface area contributed by atoms with Gasteiger partial charge in [0.25, 0.3) is 0 Å². The van der Waals surface area contributed by atoms with Crippen LogP contribution in [0.2, 0.25) is 5.02 Å². The molecule has 1 fully saturated rings. The minimum absolute atomic E-state index is 0.325. The van der Waals surface area contributed by atoms with Crippen LogP contribution in [0.15, 0.2) is 18.2 Å². The van der Waals surface area contributed by atoms with Crippen molar-refractivity contribution in [1.82, 2.24) is 9.97 Å². The molecule has 0 spiro atoms. The van der Waals surface area contributed by atoms with E-state index in [1.165, 1.54) is 12.8 Å². The summed E-state index contributed by atoms with van der Waals surface area (Å²) in [5, 5.41) is 0.744. The molecule has 4 heteroatoms. The molecule has 1 aromatic heterocycles. The van der Waals surface area contributed by atoms with E-state index in [4.69, 9.17) is 17.3 Å². The van der Waals surface area contributed by atoms with Crippen molar-refractivity contribution in [2.75, 3.05) is 0 Å². The van der Waals surface area contributed by atoms with Gasteiger partial charge in [0.15, 0.2) is 0 Å². The van der Waals surface area contributed by atoms with E-state index in [2.05, 4.69) is 9.97 Å². The first-order valence-electron chi connectivity index (χ1n) is 6.13. The molecular weight excluding hydrogens is 234 g/mol. The lowest BCUT2D eigenvalue weighted by molar-refractivity contribution is 0.384. The number of nitrogens with two attached hydrogens (primary N) is 1. The van der Waals surface area contributed by atoms with E-state index in [-0.39, 0.29) is 0 Å². The number of hydrogen-bond donors (Lipinski definition) is 2. The molecule has 17 heavy (non-hydrogen) atoms. The Bertz CT molecular complexity index is 534. The molecular formula is C13H16ClN3. The van der Waals surface area contributed by atoms with Crippen LogP contribution in [0.4, 0.5) is 0 Å². The number of imidazole rings is 1. The van der Waals surface area contributed by atoms with Gasteiger partial charge in [-0.1, -0.05) is 18.0 Å². The highest BCUT2D eigenvalue weighted by molar-refractivity contribution is 6.31. The molecule has 3 rings (SSSR count). The third-order valence-corrected chi connectivity index (χ3v) is 3.80. The first-order valence-corrected chi connectivity index (χ1v) is 6.51. The molecule has 0 amide bonds. The Labute approximate surface area is 105 Å². The first-order chi connectivity index (χ1) is 8.22. The van der Waals surface area contributed by atoms with Crippen molar-refractivity contribution in [1.29, 1.82) is 0 Å². The largest absolute Gasteiger partial charge is 0.342 e. The summed E-state index contributed by atoms with van der Waals surface area (Å²) in [4.78, 5) is 8.02. The lowest BCUT2D eigenvalue weighted by Gasteiger charge is -2.24. The molecule has 90 valence electrons. The molecule has 2 aromatic rings. The predicted molar refractivity (Wildman–Crippen MR) is 70.3 cm³/mol. The summed E-state index contributed by atoms with van der Waals surface area (Å²) < 4.78 is 0. The fourth-order valence-corrected chi connectivity index (χ4v) is 2.84. The molecule has 3 N–H and O–H groups in total. The molecule has 1 aromatic carbocycles. The van der Waals surface area contributed by atoms with Crippen LogP contribution >= 0.6 is 11.6 Å². The number of halogens is 1. The smallest absolute Gasteiger partial charge is 0.110 e. The zero-order chi connectivity index (χ0) is 11.8. The fourth-order valence-electron chi connectivity index (χ4n) is 2.67. The van der Waals surface area contributed by atoms with Gasteiger partial charge in [-0.15, -0.1) is 0 Å². The Morgan fingerprint density at radius 3 is 3.06 bits per heavy atom. The maximum Gasteiger partial charge on any atom is 0.110 e. The number of nitrogens with zero attached hydrogens (tertiary/aromatic N) is 1. The zero-order valence-corrected chi connectivity index (χ0v) is 10.4. The highest BCUT2D eigenvalue weighted by Crippen LogP contribution is 2.31. The summed E-state index contributed by atoms with van der Waals surface area (Å²) in [6.07, 6.45) is 4.56. The second-order valence-corrected chi connectivity index (χ2v) is 5.34. The van der Waals surface area contributed by atoms with Crippen LogP contribution in [0.1, 0.15) is 37.4 Å². The van der Waals surface area contributed by atoms with E-state index >= 15 is 0 Å². The van der Waals surface area contributed by atoms with E-state index in [0.29, 0.717) is 12.0 Å². The minimum atomic E-state index is 0.325. The van der Waals surface area contributed by atoms with Gasteiger partial charge in [0.1, 0.15) is 5.82 Å². The number of nitrogens with one attached hydrogen (secondary N) is 1. The maximum atomic E-state index is 6.02. The molecule has 3 nitrogen and oxygen atoms in total. The quantitative estimate of drug-likeness (QED) is 0.816. The van der Waals surface area contributed by atoms with Crippen LogP contribution in [0, 0.1) is 0 Å². The van der Waals surface area contributed by atoms with Gasteiger partial charge >= 0.3 is 0 Å². The second kappa shape index (κ2) is 4.31. The highest BCUT2D eigenvalue weighted by atomic mass is 35.5. The van der Waals surface area contributed by atoms with Crippen molar-refractivity contribution in [2.45, 2.75) is 37.6 Å². The average molecular weight is 250 g/mol. The van der Waals surface area contributed by atoms with Crippen LogP contribution in [-0.2, 0) is 0 Å². The topological polar surface area (TPSA) is 54.7 Å². The summed E-state index contributed by atoms with van der Waals surface area (Å²) >= 11 is 5.97. The third-order valence-electron chi connectivity index (χ3n) is 3.56. The number of H-pyrrole nitrogens is 1. The Morgan fingerprint density at radius 1 is 1.35 bits per heavy atom. The van der Waals surface area contributed by atoms with Gasteiger partial charge in [0, 0.05) is 17.0 Å². The average Bonchev–Trinajstić information content (AvgIpc) is 2.72. The molecule has 1 aliphatic rings. The van der Waals surface area contributed by atoms with Crippen LogP contribution in [-0.4, -0.2) is 16.0 Å². The maximum absolute atomic E-state index is 6.02.